The van der Waals surface area contributed by atoms with Crippen LogP contribution in [0.4, 0.5) is 0 Å². The fraction of sp³-hybridized carbons (Fsp3) is 0.450. The first-order valence-electron chi connectivity index (χ1n) is 9.29. The van der Waals surface area contributed by atoms with Crippen LogP contribution in [0.2, 0.25) is 0 Å². The van der Waals surface area contributed by atoms with Gasteiger partial charge in [0, 0.05) is 25.2 Å². The van der Waals surface area contributed by atoms with E-state index in [0.29, 0.717) is 37.6 Å². The number of aromatic nitrogens is 1. The smallest absolute Gasteiger partial charge is 0.276 e. The lowest BCUT2D eigenvalue weighted by atomic mass is 10.0. The largest absolute Gasteiger partial charge is 0.494 e. The van der Waals surface area contributed by atoms with Crippen LogP contribution in [0.5, 0.6) is 5.75 Å². The van der Waals surface area contributed by atoms with Crippen molar-refractivity contribution in [2.24, 2.45) is 0 Å². The summed E-state index contributed by atoms with van der Waals surface area (Å²) in [5, 5.41) is 6.85. The number of piperidine rings is 1. The van der Waals surface area contributed by atoms with Crippen LogP contribution >= 0.6 is 0 Å². The average molecular weight is 371 g/mol. The van der Waals surface area contributed by atoms with E-state index in [1.807, 2.05) is 31.2 Å². The summed E-state index contributed by atoms with van der Waals surface area (Å²) in [6, 6.07) is 9.30. The standard InChI is InChI=1S/C20H25N3O4/c1-3-26-17-6-4-15(5-7-17)13-19(24)21-16-8-10-23(11-9-16)20(25)18-12-14(2)27-22-18/h4-7,12,16H,3,8-11,13H2,1-2H3,(H,21,24). The number of amides is 2. The summed E-state index contributed by atoms with van der Waals surface area (Å²) in [5.74, 6) is 1.30. The van der Waals surface area contributed by atoms with Gasteiger partial charge in [-0.05, 0) is 44.4 Å². The highest BCUT2D eigenvalue weighted by Gasteiger charge is 2.26. The Bertz CT molecular complexity index is 777. The lowest BCUT2D eigenvalue weighted by Crippen LogP contribution is -2.47. The summed E-state index contributed by atoms with van der Waals surface area (Å²) in [6.07, 6.45) is 1.80. The van der Waals surface area contributed by atoms with Crippen molar-refractivity contribution in [3.8, 4) is 5.75 Å². The molecule has 1 aromatic heterocycles. The van der Waals surface area contributed by atoms with E-state index in [-0.39, 0.29) is 17.9 Å². The summed E-state index contributed by atoms with van der Waals surface area (Å²) in [7, 11) is 0. The van der Waals surface area contributed by atoms with Crippen molar-refractivity contribution in [3.05, 3.63) is 47.3 Å². The third kappa shape index (κ3) is 5.09. The molecule has 7 nitrogen and oxygen atoms in total. The second-order valence-corrected chi connectivity index (χ2v) is 6.71. The fourth-order valence-electron chi connectivity index (χ4n) is 3.19. The topological polar surface area (TPSA) is 84.7 Å². The molecule has 0 saturated carbocycles. The molecule has 2 amide bonds. The highest BCUT2D eigenvalue weighted by molar-refractivity contribution is 5.92. The van der Waals surface area contributed by atoms with E-state index in [2.05, 4.69) is 10.5 Å². The molecule has 0 radical (unpaired) electrons. The van der Waals surface area contributed by atoms with Crippen molar-refractivity contribution in [3.63, 3.8) is 0 Å². The van der Waals surface area contributed by atoms with Gasteiger partial charge in [-0.1, -0.05) is 17.3 Å². The maximum Gasteiger partial charge on any atom is 0.276 e. The van der Waals surface area contributed by atoms with Crippen molar-refractivity contribution < 1.29 is 18.8 Å². The molecule has 144 valence electrons. The minimum Gasteiger partial charge on any atom is -0.494 e. The highest BCUT2D eigenvalue weighted by atomic mass is 16.5. The predicted octanol–water partition coefficient (Wildman–Crippen LogP) is 2.35. The number of hydrogen-bond donors (Lipinski definition) is 1. The van der Waals surface area contributed by atoms with Crippen LogP contribution in [0.15, 0.2) is 34.9 Å². The molecular weight excluding hydrogens is 346 g/mol. The molecule has 7 heteroatoms. The van der Waals surface area contributed by atoms with E-state index < -0.39 is 0 Å². The van der Waals surface area contributed by atoms with Gasteiger partial charge in [-0.15, -0.1) is 0 Å². The minimum atomic E-state index is -0.119. The van der Waals surface area contributed by atoms with E-state index in [9.17, 15) is 9.59 Å². The first kappa shape index (κ1) is 18.9. The highest BCUT2D eigenvalue weighted by Crippen LogP contribution is 2.15. The summed E-state index contributed by atoms with van der Waals surface area (Å²) in [4.78, 5) is 26.4. The Balaban J connectivity index is 1.44. The van der Waals surface area contributed by atoms with Crippen molar-refractivity contribution >= 4 is 11.8 Å². The van der Waals surface area contributed by atoms with Crippen LogP contribution in [0.25, 0.3) is 0 Å². The van der Waals surface area contributed by atoms with Gasteiger partial charge in [0.25, 0.3) is 5.91 Å². The van der Waals surface area contributed by atoms with Crippen LogP contribution in [-0.2, 0) is 11.2 Å². The molecular formula is C20H25N3O4. The van der Waals surface area contributed by atoms with Crippen LogP contribution in [-0.4, -0.2) is 47.6 Å². The Hall–Kier alpha value is -2.83. The maximum atomic E-state index is 12.4. The van der Waals surface area contributed by atoms with Crippen molar-refractivity contribution in [1.29, 1.82) is 0 Å². The quantitative estimate of drug-likeness (QED) is 0.843. The Morgan fingerprint density at radius 1 is 1.26 bits per heavy atom. The number of aryl methyl sites for hydroxylation is 1. The van der Waals surface area contributed by atoms with E-state index in [4.69, 9.17) is 9.26 Å². The SMILES string of the molecule is CCOc1ccc(CC(=O)NC2CCN(C(=O)c3cc(C)on3)CC2)cc1. The van der Waals surface area contributed by atoms with E-state index in [1.54, 1.807) is 17.9 Å². The van der Waals surface area contributed by atoms with Crippen LogP contribution < -0.4 is 10.1 Å². The number of rotatable bonds is 6. The Morgan fingerprint density at radius 2 is 1.96 bits per heavy atom. The second kappa shape index (κ2) is 8.70. The molecule has 2 heterocycles. The molecule has 1 aliphatic rings. The zero-order chi connectivity index (χ0) is 19.2. The van der Waals surface area contributed by atoms with Gasteiger partial charge >= 0.3 is 0 Å². The maximum absolute atomic E-state index is 12.4. The normalized spacial score (nSPS) is 14.8. The van der Waals surface area contributed by atoms with Gasteiger partial charge in [-0.2, -0.15) is 0 Å². The van der Waals surface area contributed by atoms with Gasteiger partial charge in [0.2, 0.25) is 5.91 Å². The molecule has 0 aliphatic carbocycles. The van der Waals surface area contributed by atoms with Gasteiger partial charge < -0.3 is 19.5 Å². The molecule has 3 rings (SSSR count). The third-order valence-electron chi connectivity index (χ3n) is 4.59. The molecule has 1 fully saturated rings. The number of carbonyl (C=O) groups is 2. The molecule has 1 aromatic carbocycles. The molecule has 0 unspecified atom stereocenters. The van der Waals surface area contributed by atoms with Gasteiger partial charge in [0.1, 0.15) is 11.5 Å². The lowest BCUT2D eigenvalue weighted by Gasteiger charge is -2.31. The first-order chi connectivity index (χ1) is 13.0. The number of hydrogen-bond acceptors (Lipinski definition) is 5. The zero-order valence-corrected chi connectivity index (χ0v) is 15.7. The molecule has 0 atom stereocenters. The summed E-state index contributed by atoms with van der Waals surface area (Å²) >= 11 is 0. The van der Waals surface area contributed by atoms with Gasteiger partial charge in [0.15, 0.2) is 5.69 Å². The zero-order valence-electron chi connectivity index (χ0n) is 15.7. The number of likely N-dealkylation sites (tertiary alicyclic amines) is 1. The summed E-state index contributed by atoms with van der Waals surface area (Å²) in [5.41, 5.74) is 1.29. The second-order valence-electron chi connectivity index (χ2n) is 6.71. The summed E-state index contributed by atoms with van der Waals surface area (Å²) in [6.45, 7) is 5.51. The van der Waals surface area contributed by atoms with E-state index in [1.165, 1.54) is 0 Å². The van der Waals surface area contributed by atoms with Crippen LogP contribution in [0, 0.1) is 6.92 Å². The fourth-order valence-corrected chi connectivity index (χ4v) is 3.19. The predicted molar refractivity (Wildman–Crippen MR) is 99.6 cm³/mol. The van der Waals surface area contributed by atoms with Crippen molar-refractivity contribution in [1.82, 2.24) is 15.4 Å². The average Bonchev–Trinajstić information content (AvgIpc) is 3.10. The third-order valence-corrected chi connectivity index (χ3v) is 4.59. The summed E-state index contributed by atoms with van der Waals surface area (Å²) < 4.78 is 10.4. The Labute approximate surface area is 158 Å². The van der Waals surface area contributed by atoms with E-state index >= 15 is 0 Å². The number of carbonyl (C=O) groups excluding carboxylic acids is 2. The van der Waals surface area contributed by atoms with Crippen LogP contribution in [0.3, 0.4) is 0 Å². The lowest BCUT2D eigenvalue weighted by molar-refractivity contribution is -0.121. The van der Waals surface area contributed by atoms with Crippen molar-refractivity contribution in [2.45, 2.75) is 39.2 Å². The molecule has 1 aliphatic heterocycles. The molecule has 27 heavy (non-hydrogen) atoms. The van der Waals surface area contributed by atoms with E-state index in [0.717, 1.165) is 24.2 Å². The molecule has 1 saturated heterocycles. The van der Waals surface area contributed by atoms with Gasteiger partial charge in [-0.25, -0.2) is 0 Å². The minimum absolute atomic E-state index is 0.00365. The van der Waals surface area contributed by atoms with Crippen LogP contribution in [0.1, 0.15) is 41.6 Å². The van der Waals surface area contributed by atoms with Gasteiger partial charge in [0.05, 0.1) is 13.0 Å². The molecule has 2 aromatic rings. The van der Waals surface area contributed by atoms with Crippen molar-refractivity contribution in [2.75, 3.05) is 19.7 Å². The number of nitrogens with one attached hydrogen (secondary N) is 1. The number of ether oxygens (including phenoxy) is 1. The molecule has 0 bridgehead atoms. The Morgan fingerprint density at radius 3 is 2.56 bits per heavy atom. The first-order valence-corrected chi connectivity index (χ1v) is 9.29. The number of nitrogens with zero attached hydrogens (tertiary/aromatic N) is 2. The monoisotopic (exact) mass is 371 g/mol. The number of benzene rings is 1. The van der Waals surface area contributed by atoms with Gasteiger partial charge in [-0.3, -0.25) is 9.59 Å². The molecule has 1 N–H and O–H groups in total. The molecule has 0 spiro atoms. The Kier molecular flexibility index (Phi) is 6.11.